The van der Waals surface area contributed by atoms with Crippen molar-refractivity contribution in [1.29, 1.82) is 0 Å². The van der Waals surface area contributed by atoms with Gasteiger partial charge in [-0.05, 0) is 45.4 Å². The molecule has 1 N–H and O–H groups in total. The number of halogens is 3. The molecule has 3 atom stereocenters. The number of nitrogens with zero attached hydrogens (tertiary/aromatic N) is 4. The minimum atomic E-state index is -4.66. The first-order valence-electron chi connectivity index (χ1n) is 11.8. The van der Waals surface area contributed by atoms with Gasteiger partial charge >= 0.3 is 12.3 Å². The van der Waals surface area contributed by atoms with Gasteiger partial charge in [0.25, 0.3) is 5.91 Å². The molecule has 1 saturated heterocycles. The van der Waals surface area contributed by atoms with Crippen molar-refractivity contribution in [2.24, 2.45) is 5.92 Å². The zero-order chi connectivity index (χ0) is 26.7. The van der Waals surface area contributed by atoms with E-state index >= 15 is 0 Å². The maximum Gasteiger partial charge on any atom is 0.433 e. The van der Waals surface area contributed by atoms with Crippen LogP contribution >= 0.6 is 0 Å². The van der Waals surface area contributed by atoms with E-state index in [9.17, 15) is 22.8 Å². The number of likely N-dealkylation sites (tertiary alicyclic amines) is 1. The van der Waals surface area contributed by atoms with Crippen LogP contribution in [0.25, 0.3) is 10.9 Å². The first-order chi connectivity index (χ1) is 17.3. The van der Waals surface area contributed by atoms with Crippen molar-refractivity contribution in [3.8, 4) is 5.75 Å². The van der Waals surface area contributed by atoms with Crippen LogP contribution < -0.4 is 10.1 Å². The van der Waals surface area contributed by atoms with Crippen LogP contribution in [0.2, 0.25) is 0 Å². The third kappa shape index (κ3) is 4.67. The van der Waals surface area contributed by atoms with Gasteiger partial charge in [-0.2, -0.15) is 18.3 Å². The number of pyridine rings is 1. The zero-order valence-corrected chi connectivity index (χ0v) is 20.7. The molecule has 37 heavy (non-hydrogen) atoms. The lowest BCUT2D eigenvalue weighted by molar-refractivity contribution is -0.141. The molecule has 2 aromatic heterocycles. The van der Waals surface area contributed by atoms with Crippen molar-refractivity contribution in [3.63, 3.8) is 0 Å². The quantitative estimate of drug-likeness (QED) is 0.529. The summed E-state index contributed by atoms with van der Waals surface area (Å²) in [5.74, 6) is -0.214. The molecule has 9 nitrogen and oxygen atoms in total. The van der Waals surface area contributed by atoms with Gasteiger partial charge in [0.1, 0.15) is 22.7 Å². The maximum atomic E-state index is 13.0. The largest absolute Gasteiger partial charge is 0.494 e. The second-order valence-corrected chi connectivity index (χ2v) is 10.2. The number of anilines is 1. The number of rotatable bonds is 4. The fraction of sp³-hybridized carbons (Fsp3) is 0.440. The van der Waals surface area contributed by atoms with Gasteiger partial charge in [0.2, 0.25) is 0 Å². The van der Waals surface area contributed by atoms with Gasteiger partial charge in [-0.1, -0.05) is 6.07 Å². The van der Waals surface area contributed by atoms with Gasteiger partial charge in [-0.15, -0.1) is 0 Å². The van der Waals surface area contributed by atoms with E-state index in [-0.39, 0.29) is 35.5 Å². The van der Waals surface area contributed by atoms with E-state index in [2.05, 4.69) is 15.4 Å². The summed E-state index contributed by atoms with van der Waals surface area (Å²) in [5.41, 5.74) is -1.14. The Kier molecular flexibility index (Phi) is 5.80. The molecule has 1 aliphatic carbocycles. The molecule has 2 unspecified atom stereocenters. The Labute approximate surface area is 210 Å². The summed E-state index contributed by atoms with van der Waals surface area (Å²) < 4.78 is 51.7. The van der Waals surface area contributed by atoms with Crippen LogP contribution in [0.4, 0.5) is 23.7 Å². The number of benzene rings is 1. The second-order valence-electron chi connectivity index (χ2n) is 10.2. The van der Waals surface area contributed by atoms with E-state index in [0.29, 0.717) is 17.8 Å². The first-order valence-corrected chi connectivity index (χ1v) is 11.8. The van der Waals surface area contributed by atoms with E-state index in [1.54, 1.807) is 17.0 Å². The molecule has 2 fully saturated rings. The molecule has 1 aliphatic heterocycles. The average molecular weight is 518 g/mol. The Morgan fingerprint density at radius 2 is 1.89 bits per heavy atom. The SMILES string of the molecule is COc1cc2nn([C@H]3CC4C3CN4C(=O)OC(C)(C)C)cc2cc1NC(=O)c1cccc(C(F)(F)F)n1. The maximum absolute atomic E-state index is 13.0. The normalized spacial score (nSPS) is 21.1. The number of fused-ring (bicyclic) bond motifs is 2. The standard InChI is InChI=1S/C25H26F3N5O4/c1-24(2,3)37-23(35)32-12-14-18(32)10-19(14)33-11-13-8-17(20(36-4)9-16(13)31-33)30-22(34)15-6-5-7-21(29-15)25(26,27)28/h5-9,11,14,18-19H,10,12H2,1-4H3,(H,30,34)/t14?,18?,19-/m0/s1. The molecule has 5 rings (SSSR count). The Bertz CT molecular complexity index is 1380. The predicted molar refractivity (Wildman–Crippen MR) is 127 cm³/mol. The highest BCUT2D eigenvalue weighted by Gasteiger charge is 2.56. The van der Waals surface area contributed by atoms with Crippen LogP contribution in [0.3, 0.4) is 0 Å². The van der Waals surface area contributed by atoms with Gasteiger partial charge in [-0.3, -0.25) is 9.48 Å². The lowest BCUT2D eigenvalue weighted by Gasteiger charge is -2.59. The van der Waals surface area contributed by atoms with Gasteiger partial charge in [-0.25, -0.2) is 9.78 Å². The van der Waals surface area contributed by atoms with Crippen LogP contribution in [0.1, 0.15) is 49.4 Å². The number of hydrogen-bond donors (Lipinski definition) is 1. The van der Waals surface area contributed by atoms with Crippen LogP contribution in [-0.2, 0) is 10.9 Å². The molecule has 0 bridgehead atoms. The van der Waals surface area contributed by atoms with E-state index < -0.39 is 23.4 Å². The van der Waals surface area contributed by atoms with E-state index in [0.717, 1.165) is 23.9 Å². The molecule has 2 amide bonds. The molecular formula is C25H26F3N5O4. The Morgan fingerprint density at radius 3 is 2.51 bits per heavy atom. The fourth-order valence-electron chi connectivity index (χ4n) is 4.73. The number of hydrogen-bond acceptors (Lipinski definition) is 6. The number of alkyl halides is 3. The highest BCUT2D eigenvalue weighted by molar-refractivity contribution is 6.05. The van der Waals surface area contributed by atoms with Crippen LogP contribution in [0.15, 0.2) is 36.5 Å². The molecule has 12 heteroatoms. The summed E-state index contributed by atoms with van der Waals surface area (Å²) in [6, 6.07) is 6.70. The van der Waals surface area contributed by atoms with Crippen LogP contribution in [0.5, 0.6) is 5.75 Å². The van der Waals surface area contributed by atoms with Crippen molar-refractivity contribution in [2.75, 3.05) is 19.0 Å². The van der Waals surface area contributed by atoms with Gasteiger partial charge in [0.05, 0.1) is 24.4 Å². The number of methoxy groups -OCH3 is 1. The van der Waals surface area contributed by atoms with Gasteiger partial charge in [0, 0.05) is 36.2 Å². The predicted octanol–water partition coefficient (Wildman–Crippen LogP) is 4.89. The third-order valence-corrected chi connectivity index (χ3v) is 6.61. The third-order valence-electron chi connectivity index (χ3n) is 6.61. The highest BCUT2D eigenvalue weighted by atomic mass is 19.4. The van der Waals surface area contributed by atoms with E-state index in [4.69, 9.17) is 9.47 Å². The summed E-state index contributed by atoms with van der Waals surface area (Å²) in [6.45, 7) is 6.10. The summed E-state index contributed by atoms with van der Waals surface area (Å²) in [6.07, 6.45) is -2.37. The van der Waals surface area contributed by atoms with Crippen molar-refractivity contribution in [3.05, 3.63) is 47.9 Å². The monoisotopic (exact) mass is 517 g/mol. The topological polar surface area (TPSA) is 98.6 Å². The molecule has 3 aromatic rings. The number of ether oxygens (including phenoxy) is 2. The second kappa shape index (κ2) is 8.63. The van der Waals surface area contributed by atoms with Crippen LogP contribution in [-0.4, -0.2) is 57.0 Å². The number of piperidine rings is 1. The summed E-state index contributed by atoms with van der Waals surface area (Å²) in [4.78, 5) is 30.2. The van der Waals surface area contributed by atoms with E-state index in [1.807, 2.05) is 31.6 Å². The molecule has 0 radical (unpaired) electrons. The van der Waals surface area contributed by atoms with Crippen LogP contribution in [0, 0.1) is 5.92 Å². The lowest BCUT2D eigenvalue weighted by Crippen LogP contribution is -2.68. The minimum Gasteiger partial charge on any atom is -0.494 e. The number of carbonyl (C=O) groups excluding carboxylic acids is 2. The molecule has 1 saturated carbocycles. The summed E-state index contributed by atoms with van der Waals surface area (Å²) in [7, 11) is 1.42. The number of nitrogens with one attached hydrogen (secondary N) is 1. The zero-order valence-electron chi connectivity index (χ0n) is 20.7. The van der Waals surface area contributed by atoms with E-state index in [1.165, 1.54) is 13.2 Å². The molecule has 0 spiro atoms. The Balaban J connectivity index is 1.31. The average Bonchev–Trinajstić information content (AvgIpc) is 3.20. The molecule has 1 aromatic carbocycles. The summed E-state index contributed by atoms with van der Waals surface area (Å²) >= 11 is 0. The van der Waals surface area contributed by atoms with Crippen molar-refractivity contribution in [2.45, 2.75) is 51.1 Å². The van der Waals surface area contributed by atoms with Crippen molar-refractivity contribution < 1.29 is 32.2 Å². The Hall–Kier alpha value is -3.83. The highest BCUT2D eigenvalue weighted by Crippen LogP contribution is 2.50. The summed E-state index contributed by atoms with van der Waals surface area (Å²) in [5, 5.41) is 7.97. The molecule has 196 valence electrons. The number of amides is 2. The van der Waals surface area contributed by atoms with Crippen molar-refractivity contribution >= 4 is 28.6 Å². The van der Waals surface area contributed by atoms with Gasteiger partial charge in [0.15, 0.2) is 0 Å². The first kappa shape index (κ1) is 24.8. The molecular weight excluding hydrogens is 491 g/mol. The fourth-order valence-corrected chi connectivity index (χ4v) is 4.73. The lowest BCUT2D eigenvalue weighted by atomic mass is 9.67. The number of aromatic nitrogens is 3. The van der Waals surface area contributed by atoms with Gasteiger partial charge < -0.3 is 19.7 Å². The molecule has 2 aliphatic rings. The minimum absolute atomic E-state index is 0.120. The Morgan fingerprint density at radius 1 is 1.14 bits per heavy atom. The molecule has 3 heterocycles. The number of carbonyl (C=O) groups is 2. The van der Waals surface area contributed by atoms with Crippen molar-refractivity contribution in [1.82, 2.24) is 19.7 Å². The smallest absolute Gasteiger partial charge is 0.433 e.